The molecule has 0 amide bonds. The monoisotopic (exact) mass is 351 g/mol. The molecule has 7 heteroatoms. The Bertz CT molecular complexity index is 732. The molecule has 1 aromatic heterocycles. The number of nitriles is 1. The highest BCUT2D eigenvalue weighted by Gasteiger charge is 2.10. The number of rotatable bonds is 6. The fourth-order valence-corrected chi connectivity index (χ4v) is 2.15. The SMILES string of the molecule is Cc1ccc(NCC(O)COc2cccc(Cl)c2Cl)nc1C#N. The van der Waals surface area contributed by atoms with Crippen molar-refractivity contribution < 1.29 is 9.84 Å². The number of nitrogens with one attached hydrogen (secondary N) is 1. The van der Waals surface area contributed by atoms with Gasteiger partial charge in [0.2, 0.25) is 0 Å². The molecule has 0 saturated heterocycles. The summed E-state index contributed by atoms with van der Waals surface area (Å²) in [6.45, 7) is 2.08. The van der Waals surface area contributed by atoms with Gasteiger partial charge in [0.1, 0.15) is 41.1 Å². The highest BCUT2D eigenvalue weighted by Crippen LogP contribution is 2.31. The quantitative estimate of drug-likeness (QED) is 0.833. The second-order valence-electron chi connectivity index (χ2n) is 4.87. The first-order valence-electron chi connectivity index (χ1n) is 6.87. The number of nitrogens with zero attached hydrogens (tertiary/aromatic N) is 2. The number of aliphatic hydroxyl groups excluding tert-OH is 1. The van der Waals surface area contributed by atoms with Crippen LogP contribution in [0.3, 0.4) is 0 Å². The summed E-state index contributed by atoms with van der Waals surface area (Å²) in [5.74, 6) is 0.936. The Morgan fingerprint density at radius 1 is 1.35 bits per heavy atom. The van der Waals surface area contributed by atoms with Crippen molar-refractivity contribution in [3.05, 3.63) is 51.6 Å². The first kappa shape index (κ1) is 17.4. The van der Waals surface area contributed by atoms with E-state index in [0.717, 1.165) is 5.56 Å². The lowest BCUT2D eigenvalue weighted by Gasteiger charge is -2.15. The summed E-state index contributed by atoms with van der Waals surface area (Å²) in [5, 5.41) is 22.6. The lowest BCUT2D eigenvalue weighted by molar-refractivity contribution is 0.117. The summed E-state index contributed by atoms with van der Waals surface area (Å²) in [4.78, 5) is 4.14. The van der Waals surface area contributed by atoms with Gasteiger partial charge < -0.3 is 15.2 Å². The maximum atomic E-state index is 9.96. The van der Waals surface area contributed by atoms with E-state index >= 15 is 0 Å². The minimum Gasteiger partial charge on any atom is -0.489 e. The Morgan fingerprint density at radius 2 is 2.13 bits per heavy atom. The third-order valence-electron chi connectivity index (χ3n) is 3.07. The smallest absolute Gasteiger partial charge is 0.145 e. The van der Waals surface area contributed by atoms with Gasteiger partial charge in [-0.1, -0.05) is 35.3 Å². The molecule has 1 atom stereocenters. The van der Waals surface area contributed by atoms with Crippen LogP contribution in [0, 0.1) is 18.3 Å². The van der Waals surface area contributed by atoms with E-state index in [9.17, 15) is 5.11 Å². The minimum atomic E-state index is -0.779. The van der Waals surface area contributed by atoms with E-state index in [0.29, 0.717) is 27.3 Å². The molecule has 0 aliphatic rings. The number of aromatic nitrogens is 1. The fourth-order valence-electron chi connectivity index (χ4n) is 1.80. The zero-order chi connectivity index (χ0) is 16.8. The molecule has 2 aromatic rings. The zero-order valence-corrected chi connectivity index (χ0v) is 13.9. The second-order valence-corrected chi connectivity index (χ2v) is 5.66. The van der Waals surface area contributed by atoms with Crippen LogP contribution in [0.4, 0.5) is 5.82 Å². The van der Waals surface area contributed by atoms with Crippen LogP contribution in [0.2, 0.25) is 10.0 Å². The van der Waals surface area contributed by atoms with Crippen LogP contribution >= 0.6 is 23.2 Å². The summed E-state index contributed by atoms with van der Waals surface area (Å²) < 4.78 is 5.45. The van der Waals surface area contributed by atoms with Crippen LogP contribution in [0.5, 0.6) is 5.75 Å². The third-order valence-corrected chi connectivity index (χ3v) is 3.87. The van der Waals surface area contributed by atoms with Crippen LogP contribution < -0.4 is 10.1 Å². The van der Waals surface area contributed by atoms with Crippen LogP contribution in [-0.2, 0) is 0 Å². The van der Waals surface area contributed by atoms with Gasteiger partial charge in [-0.2, -0.15) is 5.26 Å². The molecule has 0 saturated carbocycles. The number of ether oxygens (including phenoxy) is 1. The van der Waals surface area contributed by atoms with E-state index in [1.54, 1.807) is 30.3 Å². The lowest BCUT2D eigenvalue weighted by Crippen LogP contribution is -2.26. The summed E-state index contributed by atoms with van der Waals surface area (Å²) in [5.41, 5.74) is 1.16. The molecule has 0 radical (unpaired) electrons. The van der Waals surface area contributed by atoms with Gasteiger partial charge in [-0.25, -0.2) is 4.98 Å². The van der Waals surface area contributed by atoms with Crippen LogP contribution in [0.15, 0.2) is 30.3 Å². The normalized spacial score (nSPS) is 11.6. The van der Waals surface area contributed by atoms with E-state index in [1.807, 2.05) is 13.0 Å². The van der Waals surface area contributed by atoms with E-state index in [4.69, 9.17) is 33.2 Å². The first-order chi connectivity index (χ1) is 11.0. The Labute approximate surface area is 144 Å². The summed E-state index contributed by atoms with van der Waals surface area (Å²) in [7, 11) is 0. The van der Waals surface area contributed by atoms with Crippen molar-refractivity contribution in [3.8, 4) is 11.8 Å². The molecule has 2 rings (SSSR count). The van der Waals surface area contributed by atoms with Crippen molar-refractivity contribution in [2.24, 2.45) is 0 Å². The molecular weight excluding hydrogens is 337 g/mol. The fraction of sp³-hybridized carbons (Fsp3) is 0.250. The predicted molar refractivity (Wildman–Crippen MR) is 90.1 cm³/mol. The zero-order valence-electron chi connectivity index (χ0n) is 12.4. The summed E-state index contributed by atoms with van der Waals surface area (Å²) >= 11 is 11.9. The second kappa shape index (κ2) is 8.02. The van der Waals surface area contributed by atoms with E-state index < -0.39 is 6.10 Å². The average Bonchev–Trinajstić information content (AvgIpc) is 2.55. The third kappa shape index (κ3) is 4.73. The molecule has 5 nitrogen and oxygen atoms in total. The van der Waals surface area contributed by atoms with Gasteiger partial charge in [0, 0.05) is 6.54 Å². The van der Waals surface area contributed by atoms with E-state index in [-0.39, 0.29) is 13.2 Å². The molecule has 2 N–H and O–H groups in total. The van der Waals surface area contributed by atoms with E-state index in [2.05, 4.69) is 10.3 Å². The molecule has 120 valence electrons. The number of hydrogen-bond acceptors (Lipinski definition) is 5. The van der Waals surface area contributed by atoms with Crippen LogP contribution in [0.1, 0.15) is 11.3 Å². The minimum absolute atomic E-state index is 0.0457. The summed E-state index contributed by atoms with van der Waals surface area (Å²) in [6, 6.07) is 10.6. The number of pyridine rings is 1. The van der Waals surface area contributed by atoms with Crippen molar-refractivity contribution >= 4 is 29.0 Å². The highest BCUT2D eigenvalue weighted by atomic mass is 35.5. The average molecular weight is 352 g/mol. The number of anilines is 1. The van der Waals surface area contributed by atoms with Crippen molar-refractivity contribution in [3.63, 3.8) is 0 Å². The summed E-state index contributed by atoms with van der Waals surface area (Å²) in [6.07, 6.45) is -0.779. The number of hydrogen-bond donors (Lipinski definition) is 2. The molecule has 1 aromatic carbocycles. The van der Waals surface area contributed by atoms with Gasteiger partial charge in [-0.05, 0) is 30.7 Å². The predicted octanol–water partition coefficient (Wildman–Crippen LogP) is 3.42. The number of aliphatic hydroxyl groups is 1. The molecule has 0 fully saturated rings. The topological polar surface area (TPSA) is 78.2 Å². The van der Waals surface area contributed by atoms with Crippen LogP contribution in [0.25, 0.3) is 0 Å². The maximum Gasteiger partial charge on any atom is 0.145 e. The Hall–Kier alpha value is -2.00. The van der Waals surface area contributed by atoms with Crippen LogP contribution in [-0.4, -0.2) is 29.3 Å². The molecule has 0 aliphatic heterocycles. The Kier molecular flexibility index (Phi) is 6.05. The van der Waals surface area contributed by atoms with Gasteiger partial charge in [0.25, 0.3) is 0 Å². The number of halogens is 2. The van der Waals surface area contributed by atoms with E-state index in [1.165, 1.54) is 0 Å². The van der Waals surface area contributed by atoms with Gasteiger partial charge in [0.15, 0.2) is 0 Å². The van der Waals surface area contributed by atoms with Gasteiger partial charge >= 0.3 is 0 Å². The largest absolute Gasteiger partial charge is 0.489 e. The molecule has 1 heterocycles. The highest BCUT2D eigenvalue weighted by molar-refractivity contribution is 6.42. The Morgan fingerprint density at radius 3 is 2.87 bits per heavy atom. The first-order valence-corrected chi connectivity index (χ1v) is 7.63. The number of benzene rings is 1. The van der Waals surface area contributed by atoms with Gasteiger partial charge in [-0.3, -0.25) is 0 Å². The standard InChI is InChI=1S/C16H15Cl2N3O2/c1-10-5-6-15(21-13(10)7-19)20-8-11(22)9-23-14-4-2-3-12(17)16(14)18/h2-6,11,22H,8-9H2,1H3,(H,20,21). The molecule has 23 heavy (non-hydrogen) atoms. The van der Waals surface area contributed by atoms with Crippen molar-refractivity contribution in [2.45, 2.75) is 13.0 Å². The maximum absolute atomic E-state index is 9.96. The molecule has 0 aliphatic carbocycles. The molecule has 0 spiro atoms. The van der Waals surface area contributed by atoms with Crippen molar-refractivity contribution in [2.75, 3.05) is 18.5 Å². The Balaban J connectivity index is 1.87. The lowest BCUT2D eigenvalue weighted by atomic mass is 10.2. The molecule has 0 bridgehead atoms. The van der Waals surface area contributed by atoms with Gasteiger partial charge in [0.05, 0.1) is 5.02 Å². The molecule has 1 unspecified atom stereocenters. The van der Waals surface area contributed by atoms with Gasteiger partial charge in [-0.15, -0.1) is 0 Å². The van der Waals surface area contributed by atoms with Crippen molar-refractivity contribution in [1.29, 1.82) is 5.26 Å². The van der Waals surface area contributed by atoms with Crippen molar-refractivity contribution in [1.82, 2.24) is 4.98 Å². The number of aryl methyl sites for hydroxylation is 1. The molecular formula is C16H15Cl2N3O2.